The molecule has 0 radical (unpaired) electrons. The van der Waals surface area contributed by atoms with Crippen LogP contribution < -0.4 is 5.32 Å². The van der Waals surface area contributed by atoms with E-state index in [1.54, 1.807) is 6.07 Å². The van der Waals surface area contributed by atoms with Crippen LogP contribution in [0.2, 0.25) is 0 Å². The van der Waals surface area contributed by atoms with Crippen LogP contribution in [0.25, 0.3) is 0 Å². The molecule has 1 aromatic rings. The molecule has 0 aliphatic heterocycles. The van der Waals surface area contributed by atoms with E-state index in [1.807, 2.05) is 25.1 Å². The lowest BCUT2D eigenvalue weighted by molar-refractivity contribution is -0.119. The molecule has 0 bridgehead atoms. The SMILES string of the molecule is Cc1cccc(CS(=O)(=O)CC(=O)NC2CCCCC2)c1. The first-order chi connectivity index (χ1) is 9.94. The number of benzene rings is 1. The Balaban J connectivity index is 1.89. The van der Waals surface area contributed by atoms with E-state index in [0.717, 1.165) is 36.8 Å². The first-order valence-corrected chi connectivity index (χ1v) is 9.32. The first kappa shape index (κ1) is 16.0. The summed E-state index contributed by atoms with van der Waals surface area (Å²) in [5.41, 5.74) is 1.76. The molecule has 0 atom stereocenters. The second kappa shape index (κ2) is 7.07. The van der Waals surface area contributed by atoms with E-state index in [9.17, 15) is 13.2 Å². The smallest absolute Gasteiger partial charge is 0.235 e. The predicted octanol–water partition coefficient (Wildman–Crippen LogP) is 2.36. The maximum absolute atomic E-state index is 12.1. The van der Waals surface area contributed by atoms with Gasteiger partial charge in [-0.15, -0.1) is 0 Å². The van der Waals surface area contributed by atoms with Gasteiger partial charge in [0.05, 0.1) is 5.75 Å². The Morgan fingerprint density at radius 3 is 2.62 bits per heavy atom. The number of hydrogen-bond donors (Lipinski definition) is 1. The third-order valence-corrected chi connectivity index (χ3v) is 5.27. The minimum absolute atomic E-state index is 0.0766. The maximum atomic E-state index is 12.1. The first-order valence-electron chi connectivity index (χ1n) is 7.50. The third-order valence-electron chi connectivity index (χ3n) is 3.79. The number of carbonyl (C=O) groups excluding carboxylic acids is 1. The lowest BCUT2D eigenvalue weighted by Crippen LogP contribution is -2.39. The second-order valence-corrected chi connectivity index (χ2v) is 7.99. The van der Waals surface area contributed by atoms with Crippen molar-refractivity contribution in [1.82, 2.24) is 5.32 Å². The van der Waals surface area contributed by atoms with Gasteiger partial charge >= 0.3 is 0 Å². The molecule has 5 heteroatoms. The van der Waals surface area contributed by atoms with Crippen molar-refractivity contribution in [2.75, 3.05) is 5.75 Å². The van der Waals surface area contributed by atoms with Crippen LogP contribution in [0.15, 0.2) is 24.3 Å². The highest BCUT2D eigenvalue weighted by atomic mass is 32.2. The van der Waals surface area contributed by atoms with Gasteiger partial charge in [-0.05, 0) is 25.3 Å². The van der Waals surface area contributed by atoms with E-state index >= 15 is 0 Å². The second-order valence-electron chi connectivity index (χ2n) is 5.92. The van der Waals surface area contributed by atoms with Gasteiger partial charge in [-0.2, -0.15) is 0 Å². The molecule has 1 aliphatic rings. The van der Waals surface area contributed by atoms with Crippen molar-refractivity contribution in [3.05, 3.63) is 35.4 Å². The summed E-state index contributed by atoms with van der Waals surface area (Å²) in [6.07, 6.45) is 5.35. The fraction of sp³-hybridized carbons (Fsp3) is 0.562. The number of carbonyl (C=O) groups is 1. The van der Waals surface area contributed by atoms with E-state index in [-0.39, 0.29) is 17.7 Å². The largest absolute Gasteiger partial charge is 0.352 e. The molecule has 116 valence electrons. The standard InChI is InChI=1S/C16H23NO3S/c1-13-6-5-7-14(10-13)11-21(19,20)12-16(18)17-15-8-3-2-4-9-15/h5-7,10,15H,2-4,8-9,11-12H2,1H3,(H,17,18). The molecule has 1 aliphatic carbocycles. The molecular weight excluding hydrogens is 286 g/mol. The predicted molar refractivity (Wildman–Crippen MR) is 83.7 cm³/mol. The van der Waals surface area contributed by atoms with E-state index in [2.05, 4.69) is 5.32 Å². The van der Waals surface area contributed by atoms with E-state index in [1.165, 1.54) is 6.42 Å². The Kier molecular flexibility index (Phi) is 5.39. The average molecular weight is 309 g/mol. The molecule has 21 heavy (non-hydrogen) atoms. The number of amides is 1. The van der Waals surface area contributed by atoms with Gasteiger partial charge in [0.25, 0.3) is 0 Å². The number of rotatable bonds is 5. The van der Waals surface area contributed by atoms with Gasteiger partial charge in [-0.3, -0.25) is 4.79 Å². The Labute approximate surface area is 126 Å². The van der Waals surface area contributed by atoms with Crippen LogP contribution in [0, 0.1) is 6.92 Å². The molecule has 0 saturated heterocycles. The summed E-state index contributed by atoms with van der Waals surface area (Å²) < 4.78 is 24.2. The molecule has 1 N–H and O–H groups in total. The van der Waals surface area contributed by atoms with Crippen LogP contribution in [0.4, 0.5) is 0 Å². The molecule has 2 rings (SSSR count). The van der Waals surface area contributed by atoms with Crippen LogP contribution >= 0.6 is 0 Å². The fourth-order valence-electron chi connectivity index (χ4n) is 2.82. The summed E-state index contributed by atoms with van der Waals surface area (Å²) in [5, 5.41) is 2.85. The zero-order chi connectivity index (χ0) is 15.3. The normalized spacial score (nSPS) is 16.6. The summed E-state index contributed by atoms with van der Waals surface area (Å²) in [5.74, 6) is -0.862. The zero-order valence-electron chi connectivity index (χ0n) is 12.5. The van der Waals surface area contributed by atoms with Crippen molar-refractivity contribution in [2.24, 2.45) is 0 Å². The molecule has 0 unspecified atom stereocenters. The van der Waals surface area contributed by atoms with Crippen LogP contribution in [-0.2, 0) is 20.4 Å². The summed E-state index contributed by atoms with van der Waals surface area (Å²) in [4.78, 5) is 11.9. The van der Waals surface area contributed by atoms with Gasteiger partial charge in [0, 0.05) is 6.04 Å². The fourth-order valence-corrected chi connectivity index (χ4v) is 4.10. The number of aryl methyl sites for hydroxylation is 1. The lowest BCUT2D eigenvalue weighted by atomic mass is 9.95. The Hall–Kier alpha value is -1.36. The molecule has 0 spiro atoms. The van der Waals surface area contributed by atoms with Gasteiger partial charge in [0.1, 0.15) is 5.75 Å². The van der Waals surface area contributed by atoms with Crippen molar-refractivity contribution in [1.29, 1.82) is 0 Å². The summed E-state index contributed by atoms with van der Waals surface area (Å²) in [7, 11) is -3.41. The van der Waals surface area contributed by atoms with E-state index < -0.39 is 15.6 Å². The molecule has 0 heterocycles. The Morgan fingerprint density at radius 2 is 1.95 bits per heavy atom. The van der Waals surface area contributed by atoms with Gasteiger partial charge < -0.3 is 5.32 Å². The minimum Gasteiger partial charge on any atom is -0.352 e. The monoisotopic (exact) mass is 309 g/mol. The van der Waals surface area contributed by atoms with Crippen LogP contribution in [-0.4, -0.2) is 26.1 Å². The minimum atomic E-state index is -3.41. The van der Waals surface area contributed by atoms with Gasteiger partial charge in [-0.25, -0.2) is 8.42 Å². The summed E-state index contributed by atoms with van der Waals surface area (Å²) >= 11 is 0. The molecular formula is C16H23NO3S. The maximum Gasteiger partial charge on any atom is 0.235 e. The molecule has 1 saturated carbocycles. The molecule has 0 aromatic heterocycles. The topological polar surface area (TPSA) is 63.2 Å². The molecule has 4 nitrogen and oxygen atoms in total. The van der Waals surface area contributed by atoms with Crippen molar-refractivity contribution in [3.8, 4) is 0 Å². The van der Waals surface area contributed by atoms with Crippen LogP contribution in [0.3, 0.4) is 0 Å². The van der Waals surface area contributed by atoms with Crippen molar-refractivity contribution in [3.63, 3.8) is 0 Å². The van der Waals surface area contributed by atoms with Gasteiger partial charge in [0.15, 0.2) is 9.84 Å². The third kappa shape index (κ3) is 5.50. The van der Waals surface area contributed by atoms with Crippen molar-refractivity contribution < 1.29 is 13.2 Å². The highest BCUT2D eigenvalue weighted by Crippen LogP contribution is 2.17. The Morgan fingerprint density at radius 1 is 1.24 bits per heavy atom. The molecule has 1 fully saturated rings. The highest BCUT2D eigenvalue weighted by molar-refractivity contribution is 7.91. The number of hydrogen-bond acceptors (Lipinski definition) is 3. The molecule has 1 amide bonds. The highest BCUT2D eigenvalue weighted by Gasteiger charge is 2.21. The summed E-state index contributed by atoms with van der Waals surface area (Å²) in [6.45, 7) is 1.92. The van der Waals surface area contributed by atoms with Gasteiger partial charge in [-0.1, -0.05) is 49.1 Å². The van der Waals surface area contributed by atoms with Crippen molar-refractivity contribution in [2.45, 2.75) is 50.8 Å². The van der Waals surface area contributed by atoms with Crippen molar-refractivity contribution >= 4 is 15.7 Å². The van der Waals surface area contributed by atoms with E-state index in [0.29, 0.717) is 0 Å². The lowest BCUT2D eigenvalue weighted by Gasteiger charge is -2.22. The van der Waals surface area contributed by atoms with Crippen LogP contribution in [0.5, 0.6) is 0 Å². The zero-order valence-corrected chi connectivity index (χ0v) is 13.3. The quantitative estimate of drug-likeness (QED) is 0.908. The summed E-state index contributed by atoms with van der Waals surface area (Å²) in [6, 6.07) is 7.54. The number of nitrogens with one attached hydrogen (secondary N) is 1. The van der Waals surface area contributed by atoms with Gasteiger partial charge in [0.2, 0.25) is 5.91 Å². The molecule has 1 aromatic carbocycles. The van der Waals surface area contributed by atoms with Crippen LogP contribution in [0.1, 0.15) is 43.2 Å². The van der Waals surface area contributed by atoms with E-state index in [4.69, 9.17) is 0 Å². The average Bonchev–Trinajstić information content (AvgIpc) is 2.38. The number of sulfone groups is 1. The Bertz CT molecular complexity index is 589.